The second-order valence-corrected chi connectivity index (χ2v) is 13.5. The Morgan fingerprint density at radius 2 is 1.95 bits per heavy atom. The Morgan fingerprint density at radius 1 is 1.26 bits per heavy atom. The number of methoxy groups -OCH3 is 1. The standard InChI is InChI=1S/C28H33N3O9S2/c1-16-22(24-29-13-14-39-24)41-25-23(16)42(36,37)31(28(2,3)26(33)34)27(35)30(25)15-21(19-7-5-6-8-20(19)38-4)40-18-11-9-17(32)10-12-18/h5-8,13-14,18,21,27,35H,9-12,15H2,1-4H3,(H,33,34)/t21-,27?/m0/s1. The Balaban J connectivity index is 1.66. The molecule has 14 heteroatoms. The number of aliphatic hydroxyl groups is 1. The van der Waals surface area contributed by atoms with Gasteiger partial charge in [0.15, 0.2) is 0 Å². The van der Waals surface area contributed by atoms with E-state index in [0.717, 1.165) is 11.3 Å². The summed E-state index contributed by atoms with van der Waals surface area (Å²) in [6.45, 7) is 3.99. The van der Waals surface area contributed by atoms with Crippen molar-refractivity contribution < 1.29 is 42.1 Å². The van der Waals surface area contributed by atoms with E-state index >= 15 is 0 Å². The predicted octanol–water partition coefficient (Wildman–Crippen LogP) is 3.94. The number of rotatable bonds is 9. The van der Waals surface area contributed by atoms with Crippen molar-refractivity contribution in [2.75, 3.05) is 18.6 Å². The van der Waals surface area contributed by atoms with Crippen LogP contribution in [-0.4, -0.2) is 71.3 Å². The zero-order valence-electron chi connectivity index (χ0n) is 23.6. The van der Waals surface area contributed by atoms with Crippen LogP contribution in [-0.2, 0) is 24.3 Å². The molecule has 2 N–H and O–H groups in total. The summed E-state index contributed by atoms with van der Waals surface area (Å²) in [5, 5.41) is 22.0. The van der Waals surface area contributed by atoms with Crippen molar-refractivity contribution >= 4 is 38.1 Å². The van der Waals surface area contributed by atoms with E-state index in [-0.39, 0.29) is 34.2 Å². The maximum Gasteiger partial charge on any atom is 0.324 e. The van der Waals surface area contributed by atoms with Crippen LogP contribution in [0.5, 0.6) is 5.75 Å². The minimum atomic E-state index is -4.52. The lowest BCUT2D eigenvalue weighted by Gasteiger charge is -2.46. The summed E-state index contributed by atoms with van der Waals surface area (Å²) < 4.78 is 46.4. The van der Waals surface area contributed by atoms with Crippen LogP contribution in [0.1, 0.15) is 56.8 Å². The number of aliphatic hydroxyl groups excluding tert-OH is 1. The van der Waals surface area contributed by atoms with Crippen LogP contribution in [0.4, 0.5) is 5.00 Å². The van der Waals surface area contributed by atoms with Crippen LogP contribution >= 0.6 is 11.3 Å². The van der Waals surface area contributed by atoms with E-state index in [0.29, 0.717) is 51.7 Å². The fraction of sp³-hybridized carbons (Fsp3) is 0.464. The third-order valence-corrected chi connectivity index (χ3v) is 11.4. The molecule has 1 fully saturated rings. The lowest BCUT2D eigenvalue weighted by atomic mass is 9.96. The summed E-state index contributed by atoms with van der Waals surface area (Å²) in [7, 11) is -2.99. The highest BCUT2D eigenvalue weighted by Gasteiger charge is 2.54. The summed E-state index contributed by atoms with van der Waals surface area (Å²) in [5.41, 5.74) is -1.04. The number of carboxylic acids is 1. The van der Waals surface area contributed by atoms with Gasteiger partial charge in [-0.3, -0.25) is 9.59 Å². The SMILES string of the molecule is COc1ccccc1[C@H](CN1c2sc(-c3ncco3)c(C)c2S(=O)(=O)N(C(C)(C)C(=O)O)C1O)OC1CCC(=O)CC1. The molecule has 0 saturated heterocycles. The third kappa shape index (κ3) is 5.22. The molecule has 3 heterocycles. The quantitative estimate of drug-likeness (QED) is 0.357. The van der Waals surface area contributed by atoms with Gasteiger partial charge in [-0.25, -0.2) is 13.4 Å². The normalized spacial score (nSPS) is 20.4. The number of benzene rings is 1. The zero-order chi connectivity index (χ0) is 30.4. The Bertz CT molecular complexity index is 1570. The molecule has 1 unspecified atom stereocenters. The largest absolute Gasteiger partial charge is 0.496 e. The number of fused-ring (bicyclic) bond motifs is 1. The fourth-order valence-corrected chi connectivity index (χ4v) is 9.18. The predicted molar refractivity (Wildman–Crippen MR) is 153 cm³/mol. The lowest BCUT2D eigenvalue weighted by Crippen LogP contribution is -2.64. The molecule has 1 aliphatic heterocycles. The van der Waals surface area contributed by atoms with Crippen molar-refractivity contribution in [3.8, 4) is 16.5 Å². The number of anilines is 1. The van der Waals surface area contributed by atoms with Gasteiger partial charge in [0.2, 0.25) is 12.2 Å². The molecule has 1 saturated carbocycles. The third-order valence-electron chi connectivity index (χ3n) is 7.74. The number of hydrogen-bond donors (Lipinski definition) is 2. The summed E-state index contributed by atoms with van der Waals surface area (Å²) in [6.07, 6.45) is 1.74. The van der Waals surface area contributed by atoms with Gasteiger partial charge < -0.3 is 29.0 Å². The molecule has 5 rings (SSSR count). The summed E-state index contributed by atoms with van der Waals surface area (Å²) >= 11 is 1.07. The number of carboxylic acid groups (broad SMARTS) is 1. The molecule has 12 nitrogen and oxygen atoms in total. The second kappa shape index (κ2) is 11.4. The van der Waals surface area contributed by atoms with Crippen molar-refractivity contribution in [3.05, 3.63) is 47.9 Å². The minimum absolute atomic E-state index is 0.0638. The number of carbonyl (C=O) groups excluding carboxylic acids is 1. The molecule has 226 valence electrons. The van der Waals surface area contributed by atoms with Gasteiger partial charge in [-0.2, -0.15) is 0 Å². The molecule has 2 aliphatic rings. The van der Waals surface area contributed by atoms with Crippen LogP contribution in [0, 0.1) is 6.92 Å². The van der Waals surface area contributed by atoms with E-state index in [2.05, 4.69) is 4.98 Å². The van der Waals surface area contributed by atoms with Crippen molar-refractivity contribution in [1.82, 2.24) is 9.29 Å². The van der Waals surface area contributed by atoms with Crippen LogP contribution in [0.25, 0.3) is 10.8 Å². The molecule has 42 heavy (non-hydrogen) atoms. The summed E-state index contributed by atoms with van der Waals surface area (Å²) in [5.74, 6) is -0.535. The summed E-state index contributed by atoms with van der Waals surface area (Å²) in [6, 6.07) is 7.22. The van der Waals surface area contributed by atoms with E-state index in [9.17, 15) is 28.2 Å². The minimum Gasteiger partial charge on any atom is -0.496 e. The number of thiophene rings is 1. The molecule has 2 aromatic heterocycles. The molecule has 0 spiro atoms. The van der Waals surface area contributed by atoms with Gasteiger partial charge in [0, 0.05) is 18.4 Å². The van der Waals surface area contributed by atoms with Crippen LogP contribution < -0.4 is 9.64 Å². The number of ether oxygens (including phenoxy) is 2. The fourth-order valence-electron chi connectivity index (χ4n) is 5.44. The monoisotopic (exact) mass is 619 g/mol. The number of sulfonamides is 1. The Hall–Kier alpha value is -3.30. The smallest absolute Gasteiger partial charge is 0.324 e. The Kier molecular flexibility index (Phi) is 8.20. The Morgan fingerprint density at radius 3 is 2.57 bits per heavy atom. The molecule has 3 aromatic rings. The molecule has 2 atom stereocenters. The van der Waals surface area contributed by atoms with Gasteiger partial charge >= 0.3 is 5.97 Å². The average Bonchev–Trinajstić information content (AvgIpc) is 3.59. The number of para-hydroxylation sites is 1. The van der Waals surface area contributed by atoms with Gasteiger partial charge in [-0.15, -0.1) is 15.6 Å². The van der Waals surface area contributed by atoms with Gasteiger partial charge in [-0.1, -0.05) is 18.2 Å². The molecule has 1 aliphatic carbocycles. The summed E-state index contributed by atoms with van der Waals surface area (Å²) in [4.78, 5) is 30.2. The first-order valence-corrected chi connectivity index (χ1v) is 15.7. The number of aromatic nitrogens is 1. The zero-order valence-corrected chi connectivity index (χ0v) is 25.3. The van der Waals surface area contributed by atoms with E-state index in [1.807, 2.05) is 18.2 Å². The van der Waals surface area contributed by atoms with Gasteiger partial charge in [0.05, 0.1) is 30.8 Å². The van der Waals surface area contributed by atoms with Crippen LogP contribution in [0.3, 0.4) is 0 Å². The first-order valence-electron chi connectivity index (χ1n) is 13.4. The van der Waals surface area contributed by atoms with Crippen molar-refractivity contribution in [1.29, 1.82) is 0 Å². The number of ketones is 1. The number of carbonyl (C=O) groups is 2. The molecular weight excluding hydrogens is 586 g/mol. The van der Waals surface area contributed by atoms with Gasteiger partial charge in [0.25, 0.3) is 10.0 Å². The van der Waals surface area contributed by atoms with Crippen molar-refractivity contribution in [3.63, 3.8) is 0 Å². The molecule has 1 aromatic carbocycles. The van der Waals surface area contributed by atoms with Crippen LogP contribution in [0.2, 0.25) is 0 Å². The number of Topliss-reactive ketones (excluding diaryl/α,β-unsaturated/α-hetero) is 1. The van der Waals surface area contributed by atoms with Gasteiger partial charge in [0.1, 0.15) is 39.3 Å². The topological polar surface area (TPSA) is 160 Å². The average molecular weight is 620 g/mol. The van der Waals surface area contributed by atoms with Crippen LogP contribution in [0.15, 0.2) is 46.0 Å². The van der Waals surface area contributed by atoms with Crippen molar-refractivity contribution in [2.45, 2.75) is 75.4 Å². The highest BCUT2D eigenvalue weighted by atomic mass is 32.2. The highest BCUT2D eigenvalue weighted by molar-refractivity contribution is 7.89. The lowest BCUT2D eigenvalue weighted by molar-refractivity contribution is -0.151. The molecular formula is C28H33N3O9S2. The molecule has 0 radical (unpaired) electrons. The number of nitrogens with zero attached hydrogens (tertiary/aromatic N) is 3. The number of oxazole rings is 1. The molecule has 0 amide bonds. The number of aliphatic carboxylic acids is 1. The van der Waals surface area contributed by atoms with Gasteiger partial charge in [-0.05, 0) is 45.2 Å². The highest BCUT2D eigenvalue weighted by Crippen LogP contribution is 2.50. The maximum atomic E-state index is 14.1. The van der Waals surface area contributed by atoms with E-state index in [1.54, 1.807) is 13.0 Å². The Labute approximate surface area is 247 Å². The second-order valence-electron chi connectivity index (χ2n) is 10.8. The first kappa shape index (κ1) is 30.2. The van der Waals surface area contributed by atoms with E-state index in [4.69, 9.17) is 13.9 Å². The van der Waals surface area contributed by atoms with Crippen molar-refractivity contribution in [2.24, 2.45) is 0 Å². The van der Waals surface area contributed by atoms with E-state index in [1.165, 1.54) is 38.3 Å². The number of hydrogen-bond acceptors (Lipinski definition) is 11. The maximum absolute atomic E-state index is 14.1. The molecule has 0 bridgehead atoms. The van der Waals surface area contributed by atoms with E-state index < -0.39 is 34.0 Å². The first-order chi connectivity index (χ1) is 19.9.